The standard InChI is InChI=1S/C17H26FN3O5S.2ClH/c1-27(24,25)19-10-14-16(17(23)15(11-22)26-14)21-8-6-20(7-9-21)13-4-2-12(18)3-5-13;;/h2-5,14-17,19,22-23H,6-11H2,1H3;2*1H/t14-,15+,16+,17-;;/m1../s1. The normalized spacial score (nSPS) is 27.9. The molecule has 2 aliphatic rings. The molecule has 12 heteroatoms. The number of aliphatic hydroxyl groups excluding tert-OH is 2. The summed E-state index contributed by atoms with van der Waals surface area (Å²) in [5, 5.41) is 20.0. The number of nitrogens with zero attached hydrogens (tertiary/aromatic N) is 2. The van der Waals surface area contributed by atoms with Gasteiger partial charge in [0.15, 0.2) is 0 Å². The predicted octanol–water partition coefficient (Wildman–Crippen LogP) is -0.170. The predicted molar refractivity (Wildman–Crippen MR) is 113 cm³/mol. The molecule has 2 saturated heterocycles. The van der Waals surface area contributed by atoms with E-state index in [2.05, 4.69) is 14.5 Å². The Bertz CT molecular complexity index is 735. The zero-order valence-electron chi connectivity index (χ0n) is 16.0. The summed E-state index contributed by atoms with van der Waals surface area (Å²) in [6, 6.07) is 5.91. The number of halogens is 3. The highest BCUT2D eigenvalue weighted by Gasteiger charge is 2.46. The second-order valence-electron chi connectivity index (χ2n) is 7.00. The van der Waals surface area contributed by atoms with Crippen molar-refractivity contribution in [3.05, 3.63) is 30.1 Å². The van der Waals surface area contributed by atoms with Gasteiger partial charge in [0.1, 0.15) is 18.0 Å². The molecule has 0 radical (unpaired) electrons. The molecule has 0 aromatic heterocycles. The van der Waals surface area contributed by atoms with E-state index in [9.17, 15) is 23.0 Å². The number of anilines is 1. The molecule has 2 aliphatic heterocycles. The van der Waals surface area contributed by atoms with E-state index in [0.717, 1.165) is 11.9 Å². The van der Waals surface area contributed by atoms with Crippen LogP contribution in [0.4, 0.5) is 10.1 Å². The lowest BCUT2D eigenvalue weighted by molar-refractivity contribution is -0.0201. The molecule has 29 heavy (non-hydrogen) atoms. The summed E-state index contributed by atoms with van der Waals surface area (Å²) in [5.74, 6) is -0.278. The van der Waals surface area contributed by atoms with E-state index in [1.807, 2.05) is 0 Å². The van der Waals surface area contributed by atoms with Gasteiger partial charge in [0, 0.05) is 38.4 Å². The smallest absolute Gasteiger partial charge is 0.208 e. The summed E-state index contributed by atoms with van der Waals surface area (Å²) in [5.41, 5.74) is 0.933. The summed E-state index contributed by atoms with van der Waals surface area (Å²) in [7, 11) is -3.39. The molecule has 0 saturated carbocycles. The van der Waals surface area contributed by atoms with E-state index in [1.54, 1.807) is 12.1 Å². The molecule has 0 spiro atoms. The summed E-state index contributed by atoms with van der Waals surface area (Å²) in [4.78, 5) is 4.19. The van der Waals surface area contributed by atoms with Crippen LogP contribution in [0.25, 0.3) is 0 Å². The van der Waals surface area contributed by atoms with Crippen LogP contribution < -0.4 is 9.62 Å². The van der Waals surface area contributed by atoms with Crippen LogP contribution in [0.3, 0.4) is 0 Å². The van der Waals surface area contributed by atoms with Gasteiger partial charge in [-0.1, -0.05) is 0 Å². The molecule has 3 N–H and O–H groups in total. The Kier molecular flexibility index (Phi) is 10.0. The second kappa shape index (κ2) is 11.1. The molecule has 8 nitrogen and oxygen atoms in total. The fraction of sp³-hybridized carbons (Fsp3) is 0.647. The lowest BCUT2D eigenvalue weighted by atomic mass is 10.0. The first-order valence-corrected chi connectivity index (χ1v) is 10.8. The van der Waals surface area contributed by atoms with E-state index in [1.165, 1.54) is 12.1 Å². The third-order valence-corrected chi connectivity index (χ3v) is 5.81. The highest BCUT2D eigenvalue weighted by Crippen LogP contribution is 2.27. The molecule has 0 amide bonds. The van der Waals surface area contributed by atoms with Gasteiger partial charge in [0.05, 0.1) is 25.0 Å². The maximum absolute atomic E-state index is 13.1. The fourth-order valence-corrected chi connectivity index (χ4v) is 4.23. The highest BCUT2D eigenvalue weighted by atomic mass is 35.5. The Morgan fingerprint density at radius 1 is 1.14 bits per heavy atom. The van der Waals surface area contributed by atoms with Crippen molar-refractivity contribution in [2.45, 2.75) is 24.4 Å². The van der Waals surface area contributed by atoms with E-state index >= 15 is 0 Å². The maximum Gasteiger partial charge on any atom is 0.208 e. The van der Waals surface area contributed by atoms with Gasteiger partial charge in [-0.25, -0.2) is 17.5 Å². The van der Waals surface area contributed by atoms with Gasteiger partial charge >= 0.3 is 0 Å². The second-order valence-corrected chi connectivity index (χ2v) is 8.83. The number of hydrogen-bond donors (Lipinski definition) is 3. The SMILES string of the molecule is CS(=O)(=O)NC[C@H]1O[C@@H](CO)[C@@H](O)[C@H]1N1CCN(c2ccc(F)cc2)CC1.Cl.Cl. The first-order chi connectivity index (χ1) is 12.8. The molecule has 2 fully saturated rings. The van der Waals surface area contributed by atoms with E-state index in [4.69, 9.17) is 4.74 Å². The van der Waals surface area contributed by atoms with Crippen molar-refractivity contribution >= 4 is 40.5 Å². The lowest BCUT2D eigenvalue weighted by Crippen LogP contribution is -2.57. The Balaban J connectivity index is 0.00000210. The first kappa shape index (κ1) is 26.3. The number of benzene rings is 1. The molecule has 4 atom stereocenters. The van der Waals surface area contributed by atoms with Crippen LogP contribution in [0.2, 0.25) is 0 Å². The molecular formula is C17H28Cl2FN3O5S. The minimum Gasteiger partial charge on any atom is -0.394 e. The summed E-state index contributed by atoms with van der Waals surface area (Å²) < 4.78 is 44.0. The van der Waals surface area contributed by atoms with Crippen LogP contribution >= 0.6 is 24.8 Å². The van der Waals surface area contributed by atoms with Gasteiger partial charge in [0.2, 0.25) is 10.0 Å². The van der Waals surface area contributed by atoms with Crippen LogP contribution in [0, 0.1) is 5.82 Å². The third kappa shape index (κ3) is 6.63. The Labute approximate surface area is 182 Å². The van der Waals surface area contributed by atoms with Gasteiger partial charge in [-0.15, -0.1) is 24.8 Å². The molecule has 0 unspecified atom stereocenters. The Morgan fingerprint density at radius 2 is 1.72 bits per heavy atom. The van der Waals surface area contributed by atoms with E-state index in [-0.39, 0.29) is 43.8 Å². The number of ether oxygens (including phenoxy) is 1. The van der Waals surface area contributed by atoms with Crippen LogP contribution in [-0.2, 0) is 14.8 Å². The molecule has 0 bridgehead atoms. The largest absolute Gasteiger partial charge is 0.394 e. The summed E-state index contributed by atoms with van der Waals surface area (Å²) in [6.07, 6.45) is -1.13. The molecule has 168 valence electrons. The first-order valence-electron chi connectivity index (χ1n) is 8.92. The number of nitrogens with one attached hydrogen (secondary N) is 1. The molecule has 2 heterocycles. The Morgan fingerprint density at radius 3 is 2.24 bits per heavy atom. The quantitative estimate of drug-likeness (QED) is 0.524. The number of hydrogen-bond acceptors (Lipinski definition) is 7. The zero-order chi connectivity index (χ0) is 19.6. The molecular weight excluding hydrogens is 448 g/mol. The van der Waals surface area contributed by atoms with Crippen molar-refractivity contribution in [3.63, 3.8) is 0 Å². The number of sulfonamides is 1. The van der Waals surface area contributed by atoms with Crippen molar-refractivity contribution < 1.29 is 27.8 Å². The van der Waals surface area contributed by atoms with Gasteiger partial charge in [-0.2, -0.15) is 0 Å². The average Bonchev–Trinajstić information content (AvgIpc) is 2.96. The van der Waals surface area contributed by atoms with Crippen molar-refractivity contribution in [1.29, 1.82) is 0 Å². The van der Waals surface area contributed by atoms with Crippen molar-refractivity contribution in [1.82, 2.24) is 9.62 Å². The fourth-order valence-electron chi connectivity index (χ4n) is 3.76. The highest BCUT2D eigenvalue weighted by molar-refractivity contribution is 7.88. The number of rotatable bonds is 6. The van der Waals surface area contributed by atoms with Gasteiger partial charge in [-0.3, -0.25) is 4.90 Å². The van der Waals surface area contributed by atoms with Gasteiger partial charge in [0.25, 0.3) is 0 Å². The van der Waals surface area contributed by atoms with E-state index in [0.29, 0.717) is 26.2 Å². The minimum absolute atomic E-state index is 0. The van der Waals surface area contributed by atoms with Crippen molar-refractivity contribution in [2.75, 3.05) is 50.5 Å². The van der Waals surface area contributed by atoms with Crippen LogP contribution in [-0.4, -0.2) is 93.5 Å². The molecule has 3 rings (SSSR count). The number of aliphatic hydroxyl groups is 2. The average molecular weight is 476 g/mol. The van der Waals surface area contributed by atoms with Crippen molar-refractivity contribution in [3.8, 4) is 0 Å². The maximum atomic E-state index is 13.1. The molecule has 1 aromatic carbocycles. The van der Waals surface area contributed by atoms with Crippen LogP contribution in [0.1, 0.15) is 0 Å². The zero-order valence-corrected chi connectivity index (χ0v) is 18.4. The van der Waals surface area contributed by atoms with Gasteiger partial charge in [-0.05, 0) is 24.3 Å². The summed E-state index contributed by atoms with van der Waals surface area (Å²) >= 11 is 0. The molecule has 0 aliphatic carbocycles. The van der Waals surface area contributed by atoms with Crippen molar-refractivity contribution in [2.24, 2.45) is 0 Å². The Hall–Kier alpha value is -0.720. The van der Waals surface area contributed by atoms with Gasteiger partial charge < -0.3 is 19.8 Å². The minimum atomic E-state index is -3.39. The third-order valence-electron chi connectivity index (χ3n) is 5.12. The topological polar surface area (TPSA) is 102 Å². The molecule has 1 aromatic rings. The monoisotopic (exact) mass is 475 g/mol. The van der Waals surface area contributed by atoms with Crippen LogP contribution in [0.15, 0.2) is 24.3 Å². The number of piperazine rings is 1. The van der Waals surface area contributed by atoms with Crippen LogP contribution in [0.5, 0.6) is 0 Å². The van der Waals surface area contributed by atoms with E-state index < -0.39 is 34.4 Å². The summed E-state index contributed by atoms with van der Waals surface area (Å²) in [6.45, 7) is 2.35. The lowest BCUT2D eigenvalue weighted by Gasteiger charge is -2.41.